The van der Waals surface area contributed by atoms with E-state index in [2.05, 4.69) is 31.9 Å². The van der Waals surface area contributed by atoms with Crippen LogP contribution in [0.5, 0.6) is 0 Å². The molecule has 0 aliphatic carbocycles. The molecule has 1 rings (SSSR count). The number of halogens is 2. The lowest BCUT2D eigenvalue weighted by atomic mass is 10.2. The molecule has 0 fully saturated rings. The largest absolute Gasteiger partial charge is 0.503 e. The van der Waals surface area contributed by atoms with Gasteiger partial charge in [-0.05, 0) is 33.6 Å². The molecule has 0 bridgehead atoms. The predicted molar refractivity (Wildman–Crippen MR) is 72.5 cm³/mol. The number of hydrogen-bond acceptors (Lipinski definition) is 3. The molecule has 9 heteroatoms. The van der Waals surface area contributed by atoms with Crippen LogP contribution in [0.2, 0.25) is 0 Å². The van der Waals surface area contributed by atoms with Crippen molar-refractivity contribution < 1.29 is 30.0 Å². The van der Waals surface area contributed by atoms with Crippen LogP contribution in [0.4, 0.5) is 15.3 Å². The summed E-state index contributed by atoms with van der Waals surface area (Å²) in [6.45, 7) is 0. The van der Waals surface area contributed by atoms with E-state index in [9.17, 15) is 0 Å². The van der Waals surface area contributed by atoms with Gasteiger partial charge < -0.3 is 26.2 Å². The SMILES string of the molecule is Nc1ccc(CBr)cc1Br.O=C(O)O.O=C(O)O. The molecule has 0 heterocycles. The fraction of sp³-hybridized carbons (Fsp3) is 0.111. The molecular weight excluding hydrogens is 378 g/mol. The molecule has 0 saturated heterocycles. The van der Waals surface area contributed by atoms with Crippen LogP contribution in [0, 0.1) is 0 Å². The standard InChI is InChI=1S/C7H7Br2N.2CH2O3/c8-4-5-1-2-7(10)6(9)3-5;2*2-1(3)4/h1-3H,4,10H2;2*(H2,2,3,4). The summed E-state index contributed by atoms with van der Waals surface area (Å²) in [6, 6.07) is 5.89. The van der Waals surface area contributed by atoms with E-state index in [1.807, 2.05) is 18.2 Å². The van der Waals surface area contributed by atoms with E-state index >= 15 is 0 Å². The Morgan fingerprint density at radius 1 is 1.11 bits per heavy atom. The molecule has 0 aliphatic heterocycles. The topological polar surface area (TPSA) is 141 Å². The van der Waals surface area contributed by atoms with Gasteiger partial charge in [0.1, 0.15) is 0 Å². The summed E-state index contributed by atoms with van der Waals surface area (Å²) in [4.78, 5) is 17.1. The van der Waals surface area contributed by atoms with Gasteiger partial charge in [0.05, 0.1) is 0 Å². The third kappa shape index (κ3) is 14.5. The minimum Gasteiger partial charge on any atom is -0.450 e. The molecule has 0 unspecified atom stereocenters. The number of nitrogen functional groups attached to an aromatic ring is 1. The van der Waals surface area contributed by atoms with Crippen LogP contribution in [0.15, 0.2) is 22.7 Å². The van der Waals surface area contributed by atoms with E-state index < -0.39 is 12.3 Å². The maximum atomic E-state index is 8.56. The summed E-state index contributed by atoms with van der Waals surface area (Å²) in [6.07, 6.45) is -3.67. The summed E-state index contributed by atoms with van der Waals surface area (Å²) in [5, 5.41) is 28.8. The zero-order valence-corrected chi connectivity index (χ0v) is 12.0. The van der Waals surface area contributed by atoms with Crippen LogP contribution >= 0.6 is 31.9 Å². The molecule has 6 N–H and O–H groups in total. The first kappa shape index (κ1) is 18.9. The molecule has 102 valence electrons. The maximum absolute atomic E-state index is 8.56. The Morgan fingerprint density at radius 3 is 1.78 bits per heavy atom. The van der Waals surface area contributed by atoms with Gasteiger partial charge in [0.25, 0.3) is 0 Å². The van der Waals surface area contributed by atoms with Crippen LogP contribution in [0.25, 0.3) is 0 Å². The molecule has 0 saturated carbocycles. The summed E-state index contributed by atoms with van der Waals surface area (Å²) in [7, 11) is 0. The molecule has 0 atom stereocenters. The highest BCUT2D eigenvalue weighted by Gasteiger charge is 1.94. The van der Waals surface area contributed by atoms with Gasteiger partial charge in [-0.25, -0.2) is 9.59 Å². The van der Waals surface area contributed by atoms with Gasteiger partial charge in [0.2, 0.25) is 0 Å². The first-order chi connectivity index (χ1) is 8.20. The molecule has 18 heavy (non-hydrogen) atoms. The van der Waals surface area contributed by atoms with Crippen molar-refractivity contribution in [2.24, 2.45) is 0 Å². The second-order valence-electron chi connectivity index (χ2n) is 2.55. The van der Waals surface area contributed by atoms with Crippen LogP contribution in [-0.4, -0.2) is 32.7 Å². The van der Waals surface area contributed by atoms with Crippen molar-refractivity contribution in [1.29, 1.82) is 0 Å². The second kappa shape index (κ2) is 10.7. The second-order valence-corrected chi connectivity index (χ2v) is 3.97. The minimum atomic E-state index is -1.83. The minimum absolute atomic E-state index is 0.782. The van der Waals surface area contributed by atoms with Gasteiger partial charge in [0.15, 0.2) is 0 Å². The lowest BCUT2D eigenvalue weighted by molar-refractivity contribution is 0.135. The fourth-order valence-electron chi connectivity index (χ4n) is 0.654. The molecule has 0 aliphatic rings. The van der Waals surface area contributed by atoms with E-state index in [-0.39, 0.29) is 0 Å². The Bertz CT molecular complexity index is 379. The number of hydrogen-bond donors (Lipinski definition) is 5. The summed E-state index contributed by atoms with van der Waals surface area (Å²) >= 11 is 6.70. The predicted octanol–water partition coefficient (Wildman–Crippen LogP) is 3.37. The molecule has 1 aromatic carbocycles. The third-order valence-corrected chi connectivity index (χ3v) is 2.55. The smallest absolute Gasteiger partial charge is 0.450 e. The van der Waals surface area contributed by atoms with Gasteiger partial charge in [-0.1, -0.05) is 22.0 Å². The van der Waals surface area contributed by atoms with Crippen LogP contribution < -0.4 is 5.73 Å². The number of carboxylic acid groups (broad SMARTS) is 4. The van der Waals surface area contributed by atoms with Gasteiger partial charge in [-0.2, -0.15) is 0 Å². The zero-order chi connectivity index (χ0) is 14.7. The first-order valence-electron chi connectivity index (χ1n) is 4.14. The van der Waals surface area contributed by atoms with Crippen molar-refractivity contribution >= 4 is 49.9 Å². The number of alkyl halides is 1. The Morgan fingerprint density at radius 2 is 1.50 bits per heavy atom. The lowest BCUT2D eigenvalue weighted by Gasteiger charge is -1.99. The lowest BCUT2D eigenvalue weighted by Crippen LogP contribution is -1.86. The number of rotatable bonds is 1. The van der Waals surface area contributed by atoms with Crippen molar-refractivity contribution in [2.75, 3.05) is 5.73 Å². The number of benzene rings is 1. The molecular formula is C9H11Br2NO6. The molecule has 1 aromatic rings. The van der Waals surface area contributed by atoms with E-state index in [1.54, 1.807) is 0 Å². The van der Waals surface area contributed by atoms with E-state index in [0.29, 0.717) is 0 Å². The summed E-state index contributed by atoms with van der Waals surface area (Å²) < 4.78 is 0.962. The summed E-state index contributed by atoms with van der Waals surface area (Å²) in [5.41, 5.74) is 7.59. The van der Waals surface area contributed by atoms with Crippen molar-refractivity contribution in [3.63, 3.8) is 0 Å². The Hall–Kier alpha value is -1.48. The normalized spacial score (nSPS) is 8.11. The molecule has 0 amide bonds. The molecule has 0 aromatic heterocycles. The summed E-state index contributed by atoms with van der Waals surface area (Å²) in [5.74, 6) is 0. The fourth-order valence-corrected chi connectivity index (χ4v) is 1.43. The zero-order valence-electron chi connectivity index (χ0n) is 8.88. The first-order valence-corrected chi connectivity index (χ1v) is 6.05. The molecule has 0 radical (unpaired) electrons. The Kier molecular flexibility index (Phi) is 11.2. The number of nitrogens with two attached hydrogens (primary N) is 1. The average molecular weight is 389 g/mol. The average Bonchev–Trinajstić information content (AvgIpc) is 2.20. The Labute approximate surface area is 119 Å². The highest BCUT2D eigenvalue weighted by molar-refractivity contribution is 9.10. The van der Waals surface area contributed by atoms with E-state index in [4.69, 9.17) is 35.7 Å². The van der Waals surface area contributed by atoms with Crippen molar-refractivity contribution in [3.8, 4) is 0 Å². The van der Waals surface area contributed by atoms with Gasteiger partial charge in [-0.3, -0.25) is 0 Å². The highest BCUT2D eigenvalue weighted by atomic mass is 79.9. The van der Waals surface area contributed by atoms with E-state index in [0.717, 1.165) is 15.5 Å². The van der Waals surface area contributed by atoms with E-state index in [1.165, 1.54) is 5.56 Å². The molecule has 0 spiro atoms. The van der Waals surface area contributed by atoms with Crippen LogP contribution in [-0.2, 0) is 5.33 Å². The maximum Gasteiger partial charge on any atom is 0.503 e. The monoisotopic (exact) mass is 387 g/mol. The highest BCUT2D eigenvalue weighted by Crippen LogP contribution is 2.21. The van der Waals surface area contributed by atoms with Gasteiger partial charge in [0, 0.05) is 15.5 Å². The van der Waals surface area contributed by atoms with Gasteiger partial charge in [-0.15, -0.1) is 0 Å². The van der Waals surface area contributed by atoms with Gasteiger partial charge >= 0.3 is 12.3 Å². The third-order valence-electron chi connectivity index (χ3n) is 1.22. The van der Waals surface area contributed by atoms with Crippen LogP contribution in [0.3, 0.4) is 0 Å². The number of anilines is 1. The molecule has 7 nitrogen and oxygen atoms in total. The Balaban J connectivity index is 0. The van der Waals surface area contributed by atoms with Crippen molar-refractivity contribution in [3.05, 3.63) is 28.2 Å². The van der Waals surface area contributed by atoms with Crippen LogP contribution in [0.1, 0.15) is 5.56 Å². The van der Waals surface area contributed by atoms with Crippen molar-refractivity contribution in [1.82, 2.24) is 0 Å². The quantitative estimate of drug-likeness (QED) is 0.366. The number of carbonyl (C=O) groups is 2. The van der Waals surface area contributed by atoms with Crippen molar-refractivity contribution in [2.45, 2.75) is 5.33 Å².